The number of benzene rings is 2. The lowest BCUT2D eigenvalue weighted by molar-refractivity contribution is 0.0943. The number of rotatable bonds is 4. The van der Waals surface area contributed by atoms with Crippen LogP contribution in [0.4, 0.5) is 0 Å². The number of H-pyrrole nitrogens is 2. The molecule has 0 bridgehead atoms. The van der Waals surface area contributed by atoms with Crippen molar-refractivity contribution in [3.63, 3.8) is 0 Å². The lowest BCUT2D eigenvalue weighted by atomic mass is 10.0. The Morgan fingerprint density at radius 3 is 2.73 bits per heavy atom. The first-order chi connectivity index (χ1) is 12.6. The Morgan fingerprint density at radius 2 is 1.96 bits per heavy atom. The Balaban J connectivity index is 1.77. The Hall–Kier alpha value is -3.48. The van der Waals surface area contributed by atoms with Crippen LogP contribution in [0.5, 0.6) is 0 Å². The average molecular weight is 346 g/mol. The van der Waals surface area contributed by atoms with E-state index < -0.39 is 0 Å². The molecule has 26 heavy (non-hydrogen) atoms. The second-order valence-electron chi connectivity index (χ2n) is 6.38. The highest BCUT2D eigenvalue weighted by atomic mass is 16.1. The van der Waals surface area contributed by atoms with Crippen molar-refractivity contribution in [2.24, 2.45) is 0 Å². The van der Waals surface area contributed by atoms with Gasteiger partial charge >= 0.3 is 0 Å². The standard InChI is InChI=1S/C19H18N6O/c1-11(2)22-19(26)14-5-3-4-12(8-14)17-15-9-13(18-20-10-21-25-18)6-7-16(15)23-24-17/h3-11H,1-2H3,(H,22,26)(H,23,24)(H,20,21,25). The summed E-state index contributed by atoms with van der Waals surface area (Å²) in [4.78, 5) is 16.5. The molecular formula is C19H18N6O. The average Bonchev–Trinajstić information content (AvgIpc) is 3.30. The summed E-state index contributed by atoms with van der Waals surface area (Å²) in [5, 5.41) is 18.1. The summed E-state index contributed by atoms with van der Waals surface area (Å²) in [6.07, 6.45) is 1.48. The molecule has 0 fully saturated rings. The number of hydrogen-bond donors (Lipinski definition) is 3. The molecule has 4 rings (SSSR count). The van der Waals surface area contributed by atoms with Gasteiger partial charge in [-0.05, 0) is 44.2 Å². The summed E-state index contributed by atoms with van der Waals surface area (Å²) in [7, 11) is 0. The van der Waals surface area contributed by atoms with Crippen LogP contribution < -0.4 is 5.32 Å². The van der Waals surface area contributed by atoms with Crippen LogP contribution in [-0.4, -0.2) is 37.3 Å². The second kappa shape index (κ2) is 6.44. The molecule has 0 aliphatic rings. The summed E-state index contributed by atoms with van der Waals surface area (Å²) < 4.78 is 0. The van der Waals surface area contributed by atoms with Crippen LogP contribution in [0.2, 0.25) is 0 Å². The van der Waals surface area contributed by atoms with E-state index in [1.165, 1.54) is 6.33 Å². The number of aromatic nitrogens is 5. The molecule has 7 heteroatoms. The van der Waals surface area contributed by atoms with Crippen molar-refractivity contribution in [1.29, 1.82) is 0 Å². The van der Waals surface area contributed by atoms with E-state index in [2.05, 4.69) is 30.7 Å². The van der Waals surface area contributed by atoms with Gasteiger partial charge in [-0.15, -0.1) is 0 Å². The van der Waals surface area contributed by atoms with E-state index in [4.69, 9.17) is 0 Å². The first-order valence-electron chi connectivity index (χ1n) is 8.37. The van der Waals surface area contributed by atoms with E-state index in [9.17, 15) is 4.79 Å². The van der Waals surface area contributed by atoms with Gasteiger partial charge in [0.05, 0.1) is 11.2 Å². The quantitative estimate of drug-likeness (QED) is 0.528. The van der Waals surface area contributed by atoms with Crippen LogP contribution in [0.15, 0.2) is 48.8 Å². The molecule has 0 atom stereocenters. The van der Waals surface area contributed by atoms with E-state index in [1.807, 2.05) is 50.2 Å². The third-order valence-electron chi connectivity index (χ3n) is 4.07. The number of carbonyl (C=O) groups excluding carboxylic acids is 1. The zero-order chi connectivity index (χ0) is 18.1. The molecule has 0 saturated carbocycles. The van der Waals surface area contributed by atoms with Crippen LogP contribution in [0, 0.1) is 0 Å². The molecule has 2 aromatic heterocycles. The summed E-state index contributed by atoms with van der Waals surface area (Å²) in [6, 6.07) is 13.5. The Labute approximate surface area is 149 Å². The number of amides is 1. The van der Waals surface area contributed by atoms with Gasteiger partial charge in [-0.3, -0.25) is 15.0 Å². The lowest BCUT2D eigenvalue weighted by Gasteiger charge is -2.09. The predicted molar refractivity (Wildman–Crippen MR) is 99.5 cm³/mol. The van der Waals surface area contributed by atoms with Gasteiger partial charge in [0.25, 0.3) is 5.91 Å². The number of hydrogen-bond acceptors (Lipinski definition) is 4. The van der Waals surface area contributed by atoms with Gasteiger partial charge in [0.2, 0.25) is 0 Å². The molecule has 2 aromatic carbocycles. The topological polar surface area (TPSA) is 99.3 Å². The van der Waals surface area contributed by atoms with Crippen molar-refractivity contribution in [3.05, 3.63) is 54.4 Å². The largest absolute Gasteiger partial charge is 0.350 e. The minimum Gasteiger partial charge on any atom is -0.350 e. The van der Waals surface area contributed by atoms with E-state index >= 15 is 0 Å². The second-order valence-corrected chi connectivity index (χ2v) is 6.38. The molecule has 0 unspecified atom stereocenters. The smallest absolute Gasteiger partial charge is 0.251 e. The van der Waals surface area contributed by atoms with Crippen LogP contribution >= 0.6 is 0 Å². The van der Waals surface area contributed by atoms with Gasteiger partial charge in [0.15, 0.2) is 5.82 Å². The third kappa shape index (κ3) is 2.95. The molecule has 0 spiro atoms. The first kappa shape index (κ1) is 16.0. The minimum absolute atomic E-state index is 0.0850. The maximum atomic E-state index is 12.3. The van der Waals surface area contributed by atoms with E-state index in [0.717, 1.165) is 27.7 Å². The normalized spacial score (nSPS) is 11.2. The Morgan fingerprint density at radius 1 is 1.08 bits per heavy atom. The number of aromatic amines is 2. The molecule has 1 amide bonds. The lowest BCUT2D eigenvalue weighted by Crippen LogP contribution is -2.30. The third-order valence-corrected chi connectivity index (χ3v) is 4.07. The zero-order valence-corrected chi connectivity index (χ0v) is 14.4. The fraction of sp³-hybridized carbons (Fsp3) is 0.158. The zero-order valence-electron chi connectivity index (χ0n) is 14.4. The van der Waals surface area contributed by atoms with Crippen LogP contribution in [0.25, 0.3) is 33.5 Å². The SMILES string of the molecule is CC(C)NC(=O)c1cccc(-c2n[nH]c3ccc(-c4ncn[nH]4)cc23)c1. The summed E-state index contributed by atoms with van der Waals surface area (Å²) in [6.45, 7) is 3.88. The van der Waals surface area contributed by atoms with Gasteiger partial charge in [0, 0.05) is 28.1 Å². The molecule has 3 N–H and O–H groups in total. The van der Waals surface area contributed by atoms with Gasteiger partial charge < -0.3 is 5.32 Å². The number of nitrogens with one attached hydrogen (secondary N) is 3. The van der Waals surface area contributed by atoms with Crippen molar-refractivity contribution in [1.82, 2.24) is 30.7 Å². The monoisotopic (exact) mass is 346 g/mol. The highest BCUT2D eigenvalue weighted by Gasteiger charge is 2.13. The predicted octanol–water partition coefficient (Wildman–Crippen LogP) is 3.15. The van der Waals surface area contributed by atoms with Gasteiger partial charge in [-0.25, -0.2) is 4.98 Å². The minimum atomic E-state index is -0.0935. The molecule has 0 aliphatic carbocycles. The summed E-state index contributed by atoms with van der Waals surface area (Å²) in [5.74, 6) is 0.605. The van der Waals surface area contributed by atoms with Crippen molar-refractivity contribution in [3.8, 4) is 22.6 Å². The van der Waals surface area contributed by atoms with Crippen molar-refractivity contribution >= 4 is 16.8 Å². The molecule has 0 aliphatic heterocycles. The Kier molecular flexibility index (Phi) is 3.96. The number of fused-ring (bicyclic) bond motifs is 1. The fourth-order valence-electron chi connectivity index (χ4n) is 2.88. The molecular weight excluding hydrogens is 328 g/mol. The van der Waals surface area contributed by atoms with E-state index in [-0.39, 0.29) is 11.9 Å². The number of carbonyl (C=O) groups is 1. The molecule has 130 valence electrons. The van der Waals surface area contributed by atoms with Crippen LogP contribution in [-0.2, 0) is 0 Å². The van der Waals surface area contributed by atoms with Crippen molar-refractivity contribution < 1.29 is 4.79 Å². The summed E-state index contributed by atoms with van der Waals surface area (Å²) >= 11 is 0. The fourth-order valence-corrected chi connectivity index (χ4v) is 2.88. The van der Waals surface area contributed by atoms with Gasteiger partial charge in [0.1, 0.15) is 6.33 Å². The number of nitrogens with zero attached hydrogens (tertiary/aromatic N) is 3. The molecule has 0 radical (unpaired) electrons. The summed E-state index contributed by atoms with van der Waals surface area (Å²) in [5.41, 5.74) is 4.12. The molecule has 2 heterocycles. The van der Waals surface area contributed by atoms with Crippen molar-refractivity contribution in [2.75, 3.05) is 0 Å². The molecule has 4 aromatic rings. The van der Waals surface area contributed by atoms with E-state index in [0.29, 0.717) is 11.4 Å². The first-order valence-corrected chi connectivity index (χ1v) is 8.37. The highest BCUT2D eigenvalue weighted by molar-refractivity contribution is 5.98. The van der Waals surface area contributed by atoms with Crippen molar-refractivity contribution in [2.45, 2.75) is 19.9 Å². The Bertz CT molecular complexity index is 1060. The maximum absolute atomic E-state index is 12.3. The van der Waals surface area contributed by atoms with Gasteiger partial charge in [-0.2, -0.15) is 10.2 Å². The molecule has 0 saturated heterocycles. The van der Waals surface area contributed by atoms with Crippen LogP contribution in [0.1, 0.15) is 24.2 Å². The van der Waals surface area contributed by atoms with Crippen LogP contribution in [0.3, 0.4) is 0 Å². The van der Waals surface area contributed by atoms with E-state index in [1.54, 1.807) is 6.07 Å². The maximum Gasteiger partial charge on any atom is 0.251 e. The van der Waals surface area contributed by atoms with Gasteiger partial charge in [-0.1, -0.05) is 12.1 Å². The highest BCUT2D eigenvalue weighted by Crippen LogP contribution is 2.29. The molecule has 7 nitrogen and oxygen atoms in total.